The fourth-order valence-electron chi connectivity index (χ4n) is 1.55. The van der Waals surface area contributed by atoms with E-state index in [2.05, 4.69) is 4.98 Å². The Labute approximate surface area is 99.1 Å². The largest absolute Gasteiger partial charge is 0.496 e. The number of carbonyl (C=O) groups is 1. The second-order valence-corrected chi connectivity index (χ2v) is 3.52. The van der Waals surface area contributed by atoms with Crippen molar-refractivity contribution in [2.24, 2.45) is 0 Å². The molecule has 0 fully saturated rings. The molecule has 0 bridgehead atoms. The number of ether oxygens (including phenoxy) is 1. The summed E-state index contributed by atoms with van der Waals surface area (Å²) in [6.07, 6.45) is 3.16. The lowest BCUT2D eigenvalue weighted by Gasteiger charge is -2.08. The van der Waals surface area contributed by atoms with Crippen LogP contribution in [-0.4, -0.2) is 17.9 Å². The summed E-state index contributed by atoms with van der Waals surface area (Å²) >= 11 is 0. The summed E-state index contributed by atoms with van der Waals surface area (Å²) < 4.78 is 5.15. The number of nitrogens with zero attached hydrogens (tertiary/aromatic N) is 1. The zero-order valence-corrected chi connectivity index (χ0v) is 9.38. The molecule has 2 rings (SSSR count). The Balaban J connectivity index is 2.44. The second kappa shape index (κ2) is 4.65. The standard InChI is InChI=1S/C13H12N2O2/c1-17-12-8-10(14)2-3-11(12)13(16)9-4-6-15-7-5-9/h2-8H,14H2,1H3. The predicted molar refractivity (Wildman–Crippen MR) is 65.1 cm³/mol. The third-order valence-corrected chi connectivity index (χ3v) is 2.41. The van der Waals surface area contributed by atoms with Crippen LogP contribution in [0.25, 0.3) is 0 Å². The van der Waals surface area contributed by atoms with E-state index in [1.807, 2.05) is 0 Å². The van der Waals surface area contributed by atoms with Crippen molar-refractivity contribution in [2.75, 3.05) is 12.8 Å². The third kappa shape index (κ3) is 2.25. The number of anilines is 1. The Morgan fingerprint density at radius 2 is 1.94 bits per heavy atom. The minimum absolute atomic E-state index is 0.107. The van der Waals surface area contributed by atoms with E-state index in [1.165, 1.54) is 7.11 Å². The molecule has 0 aliphatic heterocycles. The maximum Gasteiger partial charge on any atom is 0.196 e. The normalized spacial score (nSPS) is 9.94. The lowest BCUT2D eigenvalue weighted by molar-refractivity contribution is 0.103. The molecule has 0 aliphatic rings. The average Bonchev–Trinajstić information content (AvgIpc) is 2.39. The summed E-state index contributed by atoms with van der Waals surface area (Å²) in [6, 6.07) is 8.30. The van der Waals surface area contributed by atoms with E-state index in [0.29, 0.717) is 22.6 Å². The molecule has 4 nitrogen and oxygen atoms in total. The first-order chi connectivity index (χ1) is 8.22. The van der Waals surface area contributed by atoms with Gasteiger partial charge < -0.3 is 10.5 Å². The van der Waals surface area contributed by atoms with Crippen LogP contribution >= 0.6 is 0 Å². The number of hydrogen-bond acceptors (Lipinski definition) is 4. The van der Waals surface area contributed by atoms with Crippen molar-refractivity contribution in [3.8, 4) is 5.75 Å². The van der Waals surface area contributed by atoms with Crippen LogP contribution in [0.15, 0.2) is 42.7 Å². The predicted octanol–water partition coefficient (Wildman–Crippen LogP) is 1.90. The highest BCUT2D eigenvalue weighted by atomic mass is 16.5. The molecule has 1 aromatic heterocycles. The zero-order valence-electron chi connectivity index (χ0n) is 9.38. The molecule has 1 heterocycles. The van der Waals surface area contributed by atoms with Gasteiger partial charge in [0.2, 0.25) is 0 Å². The van der Waals surface area contributed by atoms with E-state index >= 15 is 0 Å². The van der Waals surface area contributed by atoms with E-state index in [9.17, 15) is 4.79 Å². The number of methoxy groups -OCH3 is 1. The van der Waals surface area contributed by atoms with Crippen molar-refractivity contribution in [3.63, 3.8) is 0 Å². The van der Waals surface area contributed by atoms with Gasteiger partial charge in [0.1, 0.15) is 5.75 Å². The van der Waals surface area contributed by atoms with E-state index < -0.39 is 0 Å². The van der Waals surface area contributed by atoms with Gasteiger partial charge in [0.15, 0.2) is 5.78 Å². The van der Waals surface area contributed by atoms with Crippen LogP contribution in [0.2, 0.25) is 0 Å². The molecule has 17 heavy (non-hydrogen) atoms. The highest BCUT2D eigenvalue weighted by molar-refractivity contribution is 6.10. The average molecular weight is 228 g/mol. The number of aromatic nitrogens is 1. The van der Waals surface area contributed by atoms with Gasteiger partial charge in [-0.1, -0.05) is 0 Å². The quantitative estimate of drug-likeness (QED) is 0.643. The summed E-state index contributed by atoms with van der Waals surface area (Å²) in [6.45, 7) is 0. The maximum absolute atomic E-state index is 12.2. The highest BCUT2D eigenvalue weighted by Gasteiger charge is 2.14. The van der Waals surface area contributed by atoms with E-state index in [4.69, 9.17) is 10.5 Å². The Morgan fingerprint density at radius 3 is 2.59 bits per heavy atom. The summed E-state index contributed by atoms with van der Waals surface area (Å²) in [4.78, 5) is 16.1. The fourth-order valence-corrected chi connectivity index (χ4v) is 1.55. The third-order valence-electron chi connectivity index (χ3n) is 2.41. The maximum atomic E-state index is 12.2. The number of nitrogen functional groups attached to an aromatic ring is 1. The number of ketones is 1. The molecule has 0 amide bonds. The number of nitrogens with two attached hydrogens (primary N) is 1. The van der Waals surface area contributed by atoms with Crippen molar-refractivity contribution in [1.29, 1.82) is 0 Å². The molecule has 2 N–H and O–H groups in total. The molecule has 0 aliphatic carbocycles. The van der Waals surface area contributed by atoms with Crippen LogP contribution in [0.4, 0.5) is 5.69 Å². The first kappa shape index (κ1) is 11.1. The van der Waals surface area contributed by atoms with Crippen molar-refractivity contribution in [3.05, 3.63) is 53.9 Å². The van der Waals surface area contributed by atoms with Crippen LogP contribution in [0, 0.1) is 0 Å². The molecular formula is C13H12N2O2. The molecule has 1 aromatic carbocycles. The fraction of sp³-hybridized carbons (Fsp3) is 0.0769. The molecule has 0 radical (unpaired) electrons. The van der Waals surface area contributed by atoms with Gasteiger partial charge >= 0.3 is 0 Å². The van der Waals surface area contributed by atoms with Gasteiger partial charge in [0, 0.05) is 29.7 Å². The number of hydrogen-bond donors (Lipinski definition) is 1. The van der Waals surface area contributed by atoms with Gasteiger partial charge in [-0.2, -0.15) is 0 Å². The van der Waals surface area contributed by atoms with Crippen LogP contribution < -0.4 is 10.5 Å². The number of pyridine rings is 1. The Bertz CT molecular complexity index is 538. The number of carbonyl (C=O) groups excluding carboxylic acids is 1. The molecule has 4 heteroatoms. The smallest absolute Gasteiger partial charge is 0.196 e. The summed E-state index contributed by atoms with van der Waals surface area (Å²) in [5.74, 6) is 0.371. The van der Waals surface area contributed by atoms with Gasteiger partial charge in [0.25, 0.3) is 0 Å². The van der Waals surface area contributed by atoms with Crippen molar-refractivity contribution < 1.29 is 9.53 Å². The van der Waals surface area contributed by atoms with E-state index in [1.54, 1.807) is 42.7 Å². The van der Waals surface area contributed by atoms with Crippen molar-refractivity contribution in [1.82, 2.24) is 4.98 Å². The van der Waals surface area contributed by atoms with Gasteiger partial charge in [-0.3, -0.25) is 9.78 Å². The van der Waals surface area contributed by atoms with Gasteiger partial charge in [-0.05, 0) is 24.3 Å². The van der Waals surface area contributed by atoms with Gasteiger partial charge in [-0.15, -0.1) is 0 Å². The first-order valence-electron chi connectivity index (χ1n) is 5.10. The molecular weight excluding hydrogens is 216 g/mol. The highest BCUT2D eigenvalue weighted by Crippen LogP contribution is 2.23. The van der Waals surface area contributed by atoms with Crippen molar-refractivity contribution >= 4 is 11.5 Å². The number of rotatable bonds is 3. The molecule has 0 atom stereocenters. The molecule has 0 saturated heterocycles. The van der Waals surface area contributed by atoms with Crippen LogP contribution in [0.3, 0.4) is 0 Å². The van der Waals surface area contributed by atoms with Crippen LogP contribution in [0.1, 0.15) is 15.9 Å². The van der Waals surface area contributed by atoms with Crippen LogP contribution in [0.5, 0.6) is 5.75 Å². The lowest BCUT2D eigenvalue weighted by atomic mass is 10.0. The Morgan fingerprint density at radius 1 is 1.24 bits per heavy atom. The topological polar surface area (TPSA) is 65.2 Å². The van der Waals surface area contributed by atoms with E-state index in [-0.39, 0.29) is 5.78 Å². The lowest BCUT2D eigenvalue weighted by Crippen LogP contribution is -2.04. The zero-order chi connectivity index (χ0) is 12.3. The van der Waals surface area contributed by atoms with E-state index in [0.717, 1.165) is 0 Å². The summed E-state index contributed by atoms with van der Waals surface area (Å²) in [5.41, 5.74) is 7.27. The Kier molecular flexibility index (Phi) is 3.05. The summed E-state index contributed by atoms with van der Waals surface area (Å²) in [7, 11) is 1.51. The van der Waals surface area contributed by atoms with Crippen molar-refractivity contribution in [2.45, 2.75) is 0 Å². The number of benzene rings is 1. The van der Waals surface area contributed by atoms with Crippen LogP contribution in [-0.2, 0) is 0 Å². The monoisotopic (exact) mass is 228 g/mol. The van der Waals surface area contributed by atoms with Gasteiger partial charge in [0.05, 0.1) is 12.7 Å². The molecule has 0 spiro atoms. The SMILES string of the molecule is COc1cc(N)ccc1C(=O)c1ccncc1. The molecule has 2 aromatic rings. The summed E-state index contributed by atoms with van der Waals surface area (Å²) in [5, 5.41) is 0. The minimum Gasteiger partial charge on any atom is -0.496 e. The molecule has 0 saturated carbocycles. The molecule has 0 unspecified atom stereocenters. The molecule has 86 valence electrons. The second-order valence-electron chi connectivity index (χ2n) is 3.52. The van der Waals surface area contributed by atoms with Gasteiger partial charge in [-0.25, -0.2) is 0 Å². The minimum atomic E-state index is -0.107. The Hall–Kier alpha value is -2.36. The first-order valence-corrected chi connectivity index (χ1v) is 5.10.